The summed E-state index contributed by atoms with van der Waals surface area (Å²) in [4.78, 5) is 19.8. The summed E-state index contributed by atoms with van der Waals surface area (Å²) < 4.78 is 4.62. The number of methoxy groups -OCH3 is 1. The van der Waals surface area contributed by atoms with Crippen LogP contribution in [0.5, 0.6) is 0 Å². The lowest BCUT2D eigenvalue weighted by atomic mass is 10.1. The van der Waals surface area contributed by atoms with Crippen molar-refractivity contribution in [3.8, 4) is 0 Å². The predicted octanol–water partition coefficient (Wildman–Crippen LogP) is 2.57. The maximum absolute atomic E-state index is 11.4. The average Bonchev–Trinajstić information content (AvgIpc) is 2.80. The smallest absolute Gasteiger partial charge is 0.356 e. The van der Waals surface area contributed by atoms with Crippen LogP contribution in [0.25, 0.3) is 0 Å². The van der Waals surface area contributed by atoms with Crippen molar-refractivity contribution in [3.05, 3.63) is 22.7 Å². The molecule has 0 amide bonds. The third kappa shape index (κ3) is 2.32. The molecule has 1 aliphatic carbocycles. The number of rotatable bonds is 2. The van der Waals surface area contributed by atoms with E-state index in [-0.39, 0.29) is 5.69 Å². The highest BCUT2D eigenvalue weighted by Gasteiger charge is 2.22. The van der Waals surface area contributed by atoms with E-state index >= 15 is 0 Å². The van der Waals surface area contributed by atoms with E-state index in [4.69, 9.17) is 11.6 Å². The van der Waals surface area contributed by atoms with Crippen LogP contribution in [0, 0.1) is 0 Å². The number of halogens is 1. The molecule has 0 spiro atoms. The molecule has 86 valence electrons. The second-order valence-electron chi connectivity index (χ2n) is 3.91. The van der Waals surface area contributed by atoms with E-state index in [0.29, 0.717) is 16.9 Å². The average molecular weight is 241 g/mol. The highest BCUT2D eigenvalue weighted by Crippen LogP contribution is 2.32. The Morgan fingerprint density at radius 2 is 2.12 bits per heavy atom. The summed E-state index contributed by atoms with van der Waals surface area (Å²) in [7, 11) is 1.33. The summed E-state index contributed by atoms with van der Waals surface area (Å²) in [6.45, 7) is 0. The molecule has 1 saturated carbocycles. The molecule has 1 fully saturated rings. The Labute approximate surface area is 99.0 Å². The summed E-state index contributed by atoms with van der Waals surface area (Å²) in [5.74, 6) is 0.538. The molecular weight excluding hydrogens is 228 g/mol. The second-order valence-corrected chi connectivity index (χ2v) is 4.29. The Morgan fingerprint density at radius 1 is 1.44 bits per heavy atom. The summed E-state index contributed by atoms with van der Waals surface area (Å²) in [6.07, 6.45) is 4.52. The van der Waals surface area contributed by atoms with Crippen molar-refractivity contribution < 1.29 is 9.53 Å². The fourth-order valence-electron chi connectivity index (χ4n) is 2.01. The van der Waals surface area contributed by atoms with Crippen molar-refractivity contribution in [2.24, 2.45) is 0 Å². The third-order valence-corrected chi connectivity index (χ3v) is 3.02. The largest absolute Gasteiger partial charge is 0.464 e. The van der Waals surface area contributed by atoms with E-state index < -0.39 is 5.97 Å². The minimum absolute atomic E-state index is 0.240. The highest BCUT2D eigenvalue weighted by molar-refractivity contribution is 6.29. The number of nitrogens with zero attached hydrogens (tertiary/aromatic N) is 2. The van der Waals surface area contributed by atoms with Gasteiger partial charge in [-0.1, -0.05) is 24.4 Å². The van der Waals surface area contributed by atoms with Gasteiger partial charge in [-0.3, -0.25) is 0 Å². The molecule has 4 nitrogen and oxygen atoms in total. The van der Waals surface area contributed by atoms with Crippen molar-refractivity contribution in [2.45, 2.75) is 31.6 Å². The SMILES string of the molecule is COC(=O)c1cc(Cl)nc(C2CCCC2)n1. The zero-order valence-electron chi connectivity index (χ0n) is 9.07. The van der Waals surface area contributed by atoms with Gasteiger partial charge in [-0.2, -0.15) is 0 Å². The first-order valence-electron chi connectivity index (χ1n) is 5.33. The van der Waals surface area contributed by atoms with Gasteiger partial charge in [0.2, 0.25) is 0 Å². The first kappa shape index (κ1) is 11.3. The van der Waals surface area contributed by atoms with Gasteiger partial charge in [0, 0.05) is 12.0 Å². The lowest BCUT2D eigenvalue weighted by molar-refractivity contribution is 0.0593. The number of ether oxygens (including phenoxy) is 1. The molecule has 0 radical (unpaired) electrons. The zero-order chi connectivity index (χ0) is 11.5. The molecule has 5 heteroatoms. The minimum atomic E-state index is -0.469. The molecule has 0 saturated heterocycles. The number of aromatic nitrogens is 2. The van der Waals surface area contributed by atoms with E-state index in [2.05, 4.69) is 14.7 Å². The van der Waals surface area contributed by atoms with Crippen molar-refractivity contribution in [2.75, 3.05) is 7.11 Å². The van der Waals surface area contributed by atoms with Crippen LogP contribution >= 0.6 is 11.6 Å². The van der Waals surface area contributed by atoms with Gasteiger partial charge in [-0.25, -0.2) is 14.8 Å². The molecule has 2 rings (SSSR count). The number of carbonyl (C=O) groups excluding carboxylic acids is 1. The van der Waals surface area contributed by atoms with E-state index in [1.807, 2.05) is 0 Å². The predicted molar refractivity (Wildman–Crippen MR) is 59.6 cm³/mol. The Morgan fingerprint density at radius 3 is 2.75 bits per heavy atom. The molecule has 0 unspecified atom stereocenters. The summed E-state index contributed by atoms with van der Waals surface area (Å²) in [5, 5.41) is 0.303. The van der Waals surface area contributed by atoms with Gasteiger partial charge in [0.05, 0.1) is 7.11 Å². The molecule has 1 aliphatic rings. The van der Waals surface area contributed by atoms with Crippen LogP contribution < -0.4 is 0 Å². The van der Waals surface area contributed by atoms with Gasteiger partial charge in [0.25, 0.3) is 0 Å². The topological polar surface area (TPSA) is 52.1 Å². The minimum Gasteiger partial charge on any atom is -0.464 e. The van der Waals surface area contributed by atoms with E-state index in [9.17, 15) is 4.79 Å². The summed E-state index contributed by atoms with van der Waals surface area (Å²) >= 11 is 5.87. The number of carbonyl (C=O) groups is 1. The third-order valence-electron chi connectivity index (χ3n) is 2.83. The zero-order valence-corrected chi connectivity index (χ0v) is 9.83. The lowest BCUT2D eigenvalue weighted by Crippen LogP contribution is -2.09. The van der Waals surface area contributed by atoms with Crippen molar-refractivity contribution >= 4 is 17.6 Å². The van der Waals surface area contributed by atoms with Crippen molar-refractivity contribution in [1.82, 2.24) is 9.97 Å². The second kappa shape index (κ2) is 4.78. The maximum Gasteiger partial charge on any atom is 0.356 e. The van der Waals surface area contributed by atoms with Crippen LogP contribution in [-0.2, 0) is 4.74 Å². The number of hydrogen-bond acceptors (Lipinski definition) is 4. The molecule has 1 heterocycles. The van der Waals surface area contributed by atoms with Crippen LogP contribution in [-0.4, -0.2) is 23.0 Å². The van der Waals surface area contributed by atoms with Crippen LogP contribution in [0.15, 0.2) is 6.07 Å². The molecule has 0 bridgehead atoms. The van der Waals surface area contributed by atoms with Gasteiger partial charge < -0.3 is 4.74 Å². The molecule has 1 aromatic rings. The summed E-state index contributed by atoms with van der Waals surface area (Å²) in [5.41, 5.74) is 0.240. The van der Waals surface area contributed by atoms with Gasteiger partial charge >= 0.3 is 5.97 Å². The van der Waals surface area contributed by atoms with E-state index in [0.717, 1.165) is 12.8 Å². The van der Waals surface area contributed by atoms with Gasteiger partial charge in [-0.05, 0) is 12.8 Å². The van der Waals surface area contributed by atoms with Gasteiger partial charge in [-0.15, -0.1) is 0 Å². The number of esters is 1. The maximum atomic E-state index is 11.4. The molecule has 0 N–H and O–H groups in total. The first-order valence-corrected chi connectivity index (χ1v) is 5.71. The Kier molecular flexibility index (Phi) is 3.39. The number of hydrogen-bond donors (Lipinski definition) is 0. The Hall–Kier alpha value is -1.16. The van der Waals surface area contributed by atoms with Gasteiger partial charge in [0.1, 0.15) is 11.0 Å². The fraction of sp³-hybridized carbons (Fsp3) is 0.545. The fourth-order valence-corrected chi connectivity index (χ4v) is 2.20. The van der Waals surface area contributed by atoms with Crippen LogP contribution in [0.2, 0.25) is 5.15 Å². The standard InChI is InChI=1S/C11H13ClN2O2/c1-16-11(15)8-6-9(12)14-10(13-8)7-4-2-3-5-7/h6-7H,2-5H2,1H3. The van der Waals surface area contributed by atoms with Crippen molar-refractivity contribution in [3.63, 3.8) is 0 Å². The highest BCUT2D eigenvalue weighted by atomic mass is 35.5. The van der Waals surface area contributed by atoms with Crippen LogP contribution in [0.4, 0.5) is 0 Å². The monoisotopic (exact) mass is 240 g/mol. The molecule has 0 aliphatic heterocycles. The quantitative estimate of drug-likeness (QED) is 0.589. The summed E-state index contributed by atoms with van der Waals surface area (Å²) in [6, 6.07) is 1.44. The Bertz CT molecular complexity index is 403. The normalized spacial score (nSPS) is 16.4. The van der Waals surface area contributed by atoms with Crippen LogP contribution in [0.1, 0.15) is 47.9 Å². The van der Waals surface area contributed by atoms with E-state index in [1.165, 1.54) is 26.0 Å². The first-order chi connectivity index (χ1) is 7.70. The lowest BCUT2D eigenvalue weighted by Gasteiger charge is -2.08. The molecule has 0 atom stereocenters. The van der Waals surface area contributed by atoms with Crippen molar-refractivity contribution in [1.29, 1.82) is 0 Å². The Balaban J connectivity index is 2.31. The molecule has 16 heavy (non-hydrogen) atoms. The van der Waals surface area contributed by atoms with Crippen LogP contribution in [0.3, 0.4) is 0 Å². The molecule has 0 aromatic carbocycles. The molecule has 1 aromatic heterocycles. The van der Waals surface area contributed by atoms with E-state index in [1.54, 1.807) is 0 Å². The van der Waals surface area contributed by atoms with Gasteiger partial charge in [0.15, 0.2) is 5.69 Å². The molecular formula is C11H13ClN2O2.